The van der Waals surface area contributed by atoms with E-state index in [1.54, 1.807) is 4.57 Å². The van der Waals surface area contributed by atoms with Crippen molar-refractivity contribution in [1.29, 1.82) is 5.41 Å². The summed E-state index contributed by atoms with van der Waals surface area (Å²) in [6, 6.07) is 0.529. The Morgan fingerprint density at radius 3 is 2.73 bits per heavy atom. The molecule has 3 aromatic heterocycles. The second-order valence-electron chi connectivity index (χ2n) is 8.47. The van der Waals surface area contributed by atoms with E-state index in [-0.39, 0.29) is 24.1 Å². The molecule has 37 heavy (non-hydrogen) atoms. The number of rotatable bonds is 8. The summed E-state index contributed by atoms with van der Waals surface area (Å²) in [7, 11) is -4.71. The highest BCUT2D eigenvalue weighted by atomic mass is 31.2. The maximum atomic E-state index is 12.7. The second-order valence-corrected chi connectivity index (χ2v) is 9.88. The van der Waals surface area contributed by atoms with Gasteiger partial charge in [-0.2, -0.15) is 0 Å². The smallest absolute Gasteiger partial charge is 0.472 e. The topological polar surface area (TPSA) is 249 Å². The molecule has 2 aliphatic rings. The lowest BCUT2D eigenvalue weighted by molar-refractivity contribution is -0.290. The Balaban J connectivity index is 1.20. The van der Waals surface area contributed by atoms with Crippen molar-refractivity contribution in [1.82, 2.24) is 29.1 Å². The molecular weight excluding hydrogens is 515 g/mol. The van der Waals surface area contributed by atoms with Crippen molar-refractivity contribution >= 4 is 24.8 Å². The number of imidazole rings is 1. The standard InChI is InChI=1S/C19H25N8O9P/c20-13-1-2-26(19(30)25-13)15-4-10(11(5-28)34-15)36-37(31,32)33-6-12-9(29)3-14(35-12)27-8-24-16-17(21)22-7-23-18(16)27/h1-2,7-12,14-15,28-29H,3-6H2,(H,31,32)(H2,20,25,30)(H2,21,22,23)/p-1/t9-,10-,11+,12+,14+,15+/m0/s1. The van der Waals surface area contributed by atoms with E-state index in [0.717, 1.165) is 4.57 Å². The van der Waals surface area contributed by atoms with Gasteiger partial charge in [-0.3, -0.25) is 19.0 Å². The maximum Gasteiger partial charge on any atom is 0.472 e. The molecule has 0 bridgehead atoms. The van der Waals surface area contributed by atoms with Crippen molar-refractivity contribution in [3.05, 3.63) is 30.4 Å². The monoisotopic (exact) mass is 539 g/mol. The summed E-state index contributed by atoms with van der Waals surface area (Å²) in [5.74, 6) is 0.189. The van der Waals surface area contributed by atoms with Crippen molar-refractivity contribution in [2.24, 2.45) is 0 Å². The van der Waals surface area contributed by atoms with Crippen LogP contribution in [-0.4, -0.2) is 81.8 Å². The van der Waals surface area contributed by atoms with E-state index in [4.69, 9.17) is 29.7 Å². The van der Waals surface area contributed by atoms with Crippen LogP contribution in [-0.2, 0) is 23.1 Å². The van der Waals surface area contributed by atoms with E-state index in [1.165, 1.54) is 24.9 Å². The summed E-state index contributed by atoms with van der Waals surface area (Å²) in [5.41, 5.74) is 6.35. The molecule has 5 heterocycles. The maximum absolute atomic E-state index is 12.7. The molecule has 0 amide bonds. The summed E-state index contributed by atoms with van der Waals surface area (Å²) in [4.78, 5) is 26.0. The number of nitrogens with one attached hydrogen (secondary N) is 1. The van der Waals surface area contributed by atoms with Crippen LogP contribution in [0.1, 0.15) is 25.3 Å². The highest BCUT2D eigenvalue weighted by molar-refractivity contribution is 7.47. The molecule has 2 saturated heterocycles. The SMILES string of the molecule is N=c1ccn([C@H]2C[C@H](OP(=O)(O)OC[C@H]3O[C@@H](n4cnc5c(N)ncnc54)C[C@@H]3O)[C@@H](CO)O2)c([O-])n1. The molecule has 0 spiro atoms. The zero-order valence-corrected chi connectivity index (χ0v) is 20.0. The molecular formula is C19H24N8O9P-. The van der Waals surface area contributed by atoms with Crippen LogP contribution in [0.5, 0.6) is 6.01 Å². The van der Waals surface area contributed by atoms with Crippen molar-refractivity contribution in [3.63, 3.8) is 0 Å². The number of aromatic nitrogens is 6. The molecule has 6 N–H and O–H groups in total. The predicted molar refractivity (Wildman–Crippen MR) is 118 cm³/mol. The average molecular weight is 539 g/mol. The summed E-state index contributed by atoms with van der Waals surface area (Å²) < 4.78 is 37.0. The van der Waals surface area contributed by atoms with Crippen molar-refractivity contribution in [3.8, 4) is 6.01 Å². The fourth-order valence-electron chi connectivity index (χ4n) is 4.26. The number of nitrogens with two attached hydrogens (primary N) is 1. The van der Waals surface area contributed by atoms with Gasteiger partial charge in [0.1, 0.15) is 48.1 Å². The molecule has 2 fully saturated rings. The van der Waals surface area contributed by atoms with Gasteiger partial charge < -0.3 is 40.0 Å². The second kappa shape index (κ2) is 10.0. The minimum Gasteiger partial charge on any atom is -0.846 e. The Kier molecular flexibility index (Phi) is 6.95. The number of hydrogen-bond donors (Lipinski definition) is 5. The Morgan fingerprint density at radius 2 is 1.97 bits per heavy atom. The molecule has 200 valence electrons. The lowest BCUT2D eigenvalue weighted by Gasteiger charge is -2.21. The zero-order chi connectivity index (χ0) is 26.3. The first-order valence-corrected chi connectivity index (χ1v) is 12.6. The lowest BCUT2D eigenvalue weighted by Crippen LogP contribution is -2.29. The van der Waals surface area contributed by atoms with Gasteiger partial charge in [-0.1, -0.05) is 0 Å². The Labute approximate surface area is 208 Å². The molecule has 0 aromatic carbocycles. The molecule has 7 atom stereocenters. The van der Waals surface area contributed by atoms with Crippen LogP contribution in [0.2, 0.25) is 0 Å². The third kappa shape index (κ3) is 5.21. The summed E-state index contributed by atoms with van der Waals surface area (Å²) in [6.45, 7) is -1.04. The molecule has 3 aromatic rings. The first-order chi connectivity index (χ1) is 17.6. The van der Waals surface area contributed by atoms with Gasteiger partial charge in [0.2, 0.25) is 0 Å². The van der Waals surface area contributed by atoms with Crippen molar-refractivity contribution in [2.45, 2.75) is 49.7 Å². The van der Waals surface area contributed by atoms with Gasteiger partial charge in [0, 0.05) is 19.0 Å². The highest BCUT2D eigenvalue weighted by Crippen LogP contribution is 2.49. The Morgan fingerprint density at radius 1 is 1.22 bits per heavy atom. The van der Waals surface area contributed by atoms with E-state index >= 15 is 0 Å². The van der Waals surface area contributed by atoms with Gasteiger partial charge in [-0.05, 0) is 6.07 Å². The van der Waals surface area contributed by atoms with Crippen LogP contribution in [0.25, 0.3) is 11.2 Å². The molecule has 2 aliphatic heterocycles. The third-order valence-electron chi connectivity index (χ3n) is 6.07. The number of aliphatic hydroxyl groups is 2. The highest BCUT2D eigenvalue weighted by Gasteiger charge is 2.43. The molecule has 18 heteroatoms. The number of phosphoric ester groups is 1. The molecule has 1 unspecified atom stereocenters. The van der Waals surface area contributed by atoms with E-state index in [1.807, 2.05) is 0 Å². The molecule has 5 rings (SSSR count). The van der Waals surface area contributed by atoms with Crippen LogP contribution < -0.4 is 16.3 Å². The number of aliphatic hydroxyl groups excluding tert-OH is 2. The van der Waals surface area contributed by atoms with E-state index in [9.17, 15) is 24.8 Å². The van der Waals surface area contributed by atoms with Crippen LogP contribution in [0.4, 0.5) is 5.82 Å². The largest absolute Gasteiger partial charge is 0.846 e. The lowest BCUT2D eigenvalue weighted by atomic mass is 10.2. The quantitative estimate of drug-likeness (QED) is 0.200. The van der Waals surface area contributed by atoms with Gasteiger partial charge >= 0.3 is 7.82 Å². The van der Waals surface area contributed by atoms with Gasteiger partial charge in [0.05, 0.1) is 31.7 Å². The van der Waals surface area contributed by atoms with Gasteiger partial charge in [-0.15, -0.1) is 0 Å². The minimum absolute atomic E-state index is 0.0681. The van der Waals surface area contributed by atoms with Gasteiger partial charge in [0.25, 0.3) is 0 Å². The van der Waals surface area contributed by atoms with E-state index in [0.29, 0.717) is 11.2 Å². The molecule has 0 radical (unpaired) electrons. The first kappa shape index (κ1) is 25.6. The molecule has 0 aliphatic carbocycles. The third-order valence-corrected chi connectivity index (χ3v) is 7.09. The minimum atomic E-state index is -4.71. The Bertz CT molecular complexity index is 1390. The number of hydrogen-bond acceptors (Lipinski definition) is 14. The number of nitrogen functional groups attached to an aromatic ring is 1. The fraction of sp³-hybridized carbons (Fsp3) is 0.526. The number of phosphoric acid groups is 1. The van der Waals surface area contributed by atoms with Crippen LogP contribution in [0, 0.1) is 5.41 Å². The molecule has 17 nitrogen and oxygen atoms in total. The Hall–Kier alpha value is -3.02. The number of anilines is 1. The number of ether oxygens (including phenoxy) is 2. The summed E-state index contributed by atoms with van der Waals surface area (Å²) >= 11 is 0. The average Bonchev–Trinajstić information content (AvgIpc) is 3.54. The van der Waals surface area contributed by atoms with Crippen molar-refractivity contribution < 1.29 is 43.3 Å². The zero-order valence-electron chi connectivity index (χ0n) is 19.1. The van der Waals surface area contributed by atoms with Crippen LogP contribution in [0.15, 0.2) is 24.9 Å². The van der Waals surface area contributed by atoms with Crippen LogP contribution in [0.3, 0.4) is 0 Å². The summed E-state index contributed by atoms with van der Waals surface area (Å²) in [5, 5.41) is 39.5. The number of nitrogens with zero attached hydrogens (tertiary/aromatic N) is 6. The molecule has 0 saturated carbocycles. The van der Waals surface area contributed by atoms with E-state index < -0.39 is 63.9 Å². The normalized spacial score (nSPS) is 29.6. The van der Waals surface area contributed by atoms with Gasteiger partial charge in [0.15, 0.2) is 11.5 Å². The first-order valence-electron chi connectivity index (χ1n) is 11.1. The number of fused-ring (bicyclic) bond motifs is 1. The van der Waals surface area contributed by atoms with E-state index in [2.05, 4.69) is 19.9 Å². The van der Waals surface area contributed by atoms with Crippen LogP contribution >= 0.6 is 7.82 Å². The summed E-state index contributed by atoms with van der Waals surface area (Å²) in [6.07, 6.45) is -1.69. The van der Waals surface area contributed by atoms with Crippen molar-refractivity contribution in [2.75, 3.05) is 18.9 Å². The fourth-order valence-corrected chi connectivity index (χ4v) is 5.22. The predicted octanol–water partition coefficient (Wildman–Crippen LogP) is -1.71. The van der Waals surface area contributed by atoms with Gasteiger partial charge in [-0.25, -0.2) is 24.5 Å².